The molecule has 0 N–H and O–H groups in total. The third kappa shape index (κ3) is 4.52. The molecule has 0 bridgehead atoms. The number of ether oxygens (including phenoxy) is 1. The number of aliphatic imine (C=N–C) groups is 1. The lowest BCUT2D eigenvalue weighted by atomic mass is 9.86. The summed E-state index contributed by atoms with van der Waals surface area (Å²) in [5, 5.41) is 0. The van der Waals surface area contributed by atoms with Gasteiger partial charge in [0.25, 0.3) is 0 Å². The summed E-state index contributed by atoms with van der Waals surface area (Å²) in [6, 6.07) is 4.11. The molecular weight excluding hydrogens is 290 g/mol. The average Bonchev–Trinajstić information content (AvgIpc) is 2.49. The molecule has 0 saturated heterocycles. The molecule has 1 aliphatic rings. The van der Waals surface area contributed by atoms with Crippen LogP contribution in [0.1, 0.15) is 64.0 Å². The lowest BCUT2D eigenvalue weighted by molar-refractivity contribution is 0.367. The standard InChI is InChI=1S/C19H29NOS/c1-19(2,3)17-11-16(21-4)10-15(18(17)22)13-20-12-14-8-6-5-7-9-14/h10-11,13-14,22H,5-9,12H2,1-4H3. The highest BCUT2D eigenvalue weighted by Gasteiger charge is 2.20. The zero-order chi connectivity index (χ0) is 16.2. The monoisotopic (exact) mass is 319 g/mol. The van der Waals surface area contributed by atoms with Gasteiger partial charge < -0.3 is 4.74 Å². The molecule has 3 heteroatoms. The first kappa shape index (κ1) is 17.4. The number of methoxy groups -OCH3 is 1. The Bertz CT molecular complexity index is 525. The lowest BCUT2D eigenvalue weighted by Gasteiger charge is -2.23. The van der Waals surface area contributed by atoms with Crippen LogP contribution in [0.15, 0.2) is 22.0 Å². The van der Waals surface area contributed by atoms with Crippen LogP contribution >= 0.6 is 12.6 Å². The minimum absolute atomic E-state index is 0.0393. The lowest BCUT2D eigenvalue weighted by Crippen LogP contribution is -2.13. The molecule has 122 valence electrons. The molecule has 1 aliphatic carbocycles. The fourth-order valence-electron chi connectivity index (χ4n) is 3.09. The molecule has 0 heterocycles. The zero-order valence-electron chi connectivity index (χ0n) is 14.4. The second-order valence-electron chi connectivity index (χ2n) is 7.36. The van der Waals surface area contributed by atoms with Gasteiger partial charge in [0.1, 0.15) is 5.75 Å². The van der Waals surface area contributed by atoms with Gasteiger partial charge in [-0.15, -0.1) is 12.6 Å². The Morgan fingerprint density at radius 2 is 1.91 bits per heavy atom. The Kier molecular flexibility index (Phi) is 5.96. The highest BCUT2D eigenvalue weighted by atomic mass is 32.1. The Balaban J connectivity index is 2.18. The fourth-order valence-corrected chi connectivity index (χ4v) is 3.61. The number of rotatable bonds is 4. The number of benzene rings is 1. The third-order valence-corrected chi connectivity index (χ3v) is 4.97. The van der Waals surface area contributed by atoms with Gasteiger partial charge in [0.15, 0.2) is 0 Å². The van der Waals surface area contributed by atoms with Crippen molar-refractivity contribution in [3.8, 4) is 5.75 Å². The van der Waals surface area contributed by atoms with Crippen LogP contribution < -0.4 is 4.74 Å². The van der Waals surface area contributed by atoms with Crippen LogP contribution in [-0.2, 0) is 5.41 Å². The number of thiol groups is 1. The summed E-state index contributed by atoms with van der Waals surface area (Å²) in [7, 11) is 1.71. The Labute approximate surface area is 140 Å². The van der Waals surface area contributed by atoms with Gasteiger partial charge in [-0.2, -0.15) is 0 Å². The molecule has 2 rings (SSSR count). The molecule has 1 saturated carbocycles. The van der Waals surface area contributed by atoms with E-state index in [0.29, 0.717) is 0 Å². The maximum absolute atomic E-state index is 5.45. The van der Waals surface area contributed by atoms with Crippen molar-refractivity contribution in [2.24, 2.45) is 10.9 Å². The predicted molar refractivity (Wildman–Crippen MR) is 98.0 cm³/mol. The zero-order valence-corrected chi connectivity index (χ0v) is 15.2. The number of hydrogen-bond donors (Lipinski definition) is 1. The number of hydrogen-bond acceptors (Lipinski definition) is 3. The molecular formula is C19H29NOS. The van der Waals surface area contributed by atoms with Crippen LogP contribution in [-0.4, -0.2) is 19.9 Å². The van der Waals surface area contributed by atoms with Crippen molar-refractivity contribution in [3.05, 3.63) is 23.3 Å². The van der Waals surface area contributed by atoms with Gasteiger partial charge >= 0.3 is 0 Å². The van der Waals surface area contributed by atoms with E-state index in [-0.39, 0.29) is 5.41 Å². The molecule has 0 atom stereocenters. The molecule has 22 heavy (non-hydrogen) atoms. The van der Waals surface area contributed by atoms with Crippen LogP contribution in [0.25, 0.3) is 0 Å². The summed E-state index contributed by atoms with van der Waals surface area (Å²) in [4.78, 5) is 5.71. The van der Waals surface area contributed by atoms with Gasteiger partial charge in [-0.1, -0.05) is 40.0 Å². The smallest absolute Gasteiger partial charge is 0.119 e. The minimum atomic E-state index is 0.0393. The summed E-state index contributed by atoms with van der Waals surface area (Å²) in [5.74, 6) is 1.64. The van der Waals surface area contributed by atoms with Crippen molar-refractivity contribution in [2.45, 2.75) is 63.2 Å². The molecule has 0 aromatic heterocycles. The molecule has 0 radical (unpaired) electrons. The van der Waals surface area contributed by atoms with E-state index in [1.807, 2.05) is 12.3 Å². The van der Waals surface area contributed by atoms with Gasteiger partial charge in [0, 0.05) is 23.2 Å². The first-order valence-electron chi connectivity index (χ1n) is 8.33. The SMILES string of the molecule is COc1cc(C=NCC2CCCCC2)c(S)c(C(C)(C)C)c1. The highest BCUT2D eigenvalue weighted by Crippen LogP contribution is 2.34. The van der Waals surface area contributed by atoms with E-state index in [4.69, 9.17) is 22.4 Å². The Hall–Kier alpha value is -0.960. The van der Waals surface area contributed by atoms with E-state index in [1.54, 1.807) is 7.11 Å². The Morgan fingerprint density at radius 3 is 2.50 bits per heavy atom. The average molecular weight is 320 g/mol. The van der Waals surface area contributed by atoms with Crippen molar-refractivity contribution >= 4 is 18.8 Å². The quantitative estimate of drug-likeness (QED) is 0.591. The molecule has 1 fully saturated rings. The van der Waals surface area contributed by atoms with Crippen LogP contribution in [0.2, 0.25) is 0 Å². The van der Waals surface area contributed by atoms with E-state index in [2.05, 4.69) is 26.8 Å². The molecule has 1 aromatic carbocycles. The van der Waals surface area contributed by atoms with Crippen molar-refractivity contribution in [3.63, 3.8) is 0 Å². The van der Waals surface area contributed by atoms with Crippen molar-refractivity contribution in [2.75, 3.05) is 13.7 Å². The van der Waals surface area contributed by atoms with Gasteiger partial charge in [0.05, 0.1) is 7.11 Å². The van der Waals surface area contributed by atoms with Crippen LogP contribution in [0.4, 0.5) is 0 Å². The van der Waals surface area contributed by atoms with E-state index >= 15 is 0 Å². The summed E-state index contributed by atoms with van der Waals surface area (Å²) in [6.07, 6.45) is 8.77. The summed E-state index contributed by atoms with van der Waals surface area (Å²) in [6.45, 7) is 7.54. The summed E-state index contributed by atoms with van der Waals surface area (Å²) in [5.41, 5.74) is 2.30. The predicted octanol–water partition coefficient (Wildman–Crippen LogP) is 5.28. The first-order chi connectivity index (χ1) is 10.4. The molecule has 0 unspecified atom stereocenters. The van der Waals surface area contributed by atoms with Gasteiger partial charge in [-0.25, -0.2) is 0 Å². The summed E-state index contributed by atoms with van der Waals surface area (Å²) >= 11 is 4.74. The maximum Gasteiger partial charge on any atom is 0.119 e. The second kappa shape index (κ2) is 7.54. The molecule has 0 aliphatic heterocycles. The van der Waals surface area contributed by atoms with Gasteiger partial charge in [-0.3, -0.25) is 4.99 Å². The van der Waals surface area contributed by atoms with Crippen LogP contribution in [0.5, 0.6) is 5.75 Å². The molecule has 0 amide bonds. The fraction of sp³-hybridized carbons (Fsp3) is 0.632. The minimum Gasteiger partial charge on any atom is -0.497 e. The van der Waals surface area contributed by atoms with Crippen molar-refractivity contribution in [1.29, 1.82) is 0 Å². The van der Waals surface area contributed by atoms with Crippen molar-refractivity contribution in [1.82, 2.24) is 0 Å². The van der Waals surface area contributed by atoms with Crippen LogP contribution in [0.3, 0.4) is 0 Å². The summed E-state index contributed by atoms with van der Waals surface area (Å²) < 4.78 is 5.45. The normalized spacial score (nSPS) is 17.1. The van der Waals surface area contributed by atoms with E-state index in [1.165, 1.54) is 37.7 Å². The van der Waals surface area contributed by atoms with E-state index < -0.39 is 0 Å². The van der Waals surface area contributed by atoms with Crippen molar-refractivity contribution < 1.29 is 4.74 Å². The second-order valence-corrected chi connectivity index (χ2v) is 7.81. The van der Waals surface area contributed by atoms with Gasteiger partial charge in [0.2, 0.25) is 0 Å². The Morgan fingerprint density at radius 1 is 1.23 bits per heavy atom. The molecule has 0 spiro atoms. The van der Waals surface area contributed by atoms with E-state index in [0.717, 1.165) is 28.7 Å². The highest BCUT2D eigenvalue weighted by molar-refractivity contribution is 7.80. The van der Waals surface area contributed by atoms with Crippen LogP contribution in [0, 0.1) is 5.92 Å². The van der Waals surface area contributed by atoms with Gasteiger partial charge in [-0.05, 0) is 41.9 Å². The first-order valence-corrected chi connectivity index (χ1v) is 8.78. The largest absolute Gasteiger partial charge is 0.497 e. The maximum atomic E-state index is 5.45. The molecule has 2 nitrogen and oxygen atoms in total. The third-order valence-electron chi connectivity index (χ3n) is 4.48. The topological polar surface area (TPSA) is 21.6 Å². The van der Waals surface area contributed by atoms with E-state index in [9.17, 15) is 0 Å². The molecule has 1 aromatic rings. The number of nitrogens with zero attached hydrogens (tertiary/aromatic N) is 1.